The first-order valence-corrected chi connectivity index (χ1v) is 8.54. The average Bonchev–Trinajstić information content (AvgIpc) is 3.19. The van der Waals surface area contributed by atoms with Gasteiger partial charge in [0.1, 0.15) is 6.04 Å². The standard InChI is InChI=1S/C15H18N4O2S/c20-14-7-10-3-1-2-4-11(10)18-19(14)13-9-21-8-12(13)17-15-16-5-6-22-15/h5-7,12-13H,1-4,8-9H2,(H,16,17). The van der Waals surface area contributed by atoms with Crippen molar-refractivity contribution in [1.29, 1.82) is 0 Å². The van der Waals surface area contributed by atoms with Crippen LogP contribution in [0, 0.1) is 0 Å². The van der Waals surface area contributed by atoms with Crippen molar-refractivity contribution < 1.29 is 4.74 Å². The van der Waals surface area contributed by atoms with Gasteiger partial charge in [-0.2, -0.15) is 5.10 Å². The molecule has 2 unspecified atom stereocenters. The first-order chi connectivity index (χ1) is 10.8. The van der Waals surface area contributed by atoms with Crippen molar-refractivity contribution in [1.82, 2.24) is 14.8 Å². The fourth-order valence-electron chi connectivity index (χ4n) is 3.19. The molecular formula is C15H18N4O2S. The van der Waals surface area contributed by atoms with E-state index in [1.807, 2.05) is 5.38 Å². The van der Waals surface area contributed by atoms with Crippen LogP contribution in [-0.2, 0) is 17.6 Å². The summed E-state index contributed by atoms with van der Waals surface area (Å²) in [5.41, 5.74) is 2.17. The molecule has 0 bridgehead atoms. The minimum absolute atomic E-state index is 0.0258. The van der Waals surface area contributed by atoms with Crippen LogP contribution in [0.1, 0.15) is 30.1 Å². The fraction of sp³-hybridized carbons (Fsp3) is 0.533. The summed E-state index contributed by atoms with van der Waals surface area (Å²) in [6.07, 6.45) is 6.01. The molecule has 0 saturated carbocycles. The van der Waals surface area contributed by atoms with E-state index >= 15 is 0 Å². The Bertz CT molecular complexity index is 713. The quantitative estimate of drug-likeness (QED) is 0.931. The first kappa shape index (κ1) is 13.9. The smallest absolute Gasteiger partial charge is 0.267 e. The third-order valence-corrected chi connectivity index (χ3v) is 5.04. The number of hydrogen-bond donors (Lipinski definition) is 1. The maximum Gasteiger partial charge on any atom is 0.267 e. The summed E-state index contributed by atoms with van der Waals surface area (Å²) in [6, 6.07) is 1.71. The third-order valence-electron chi connectivity index (χ3n) is 4.34. The van der Waals surface area contributed by atoms with E-state index in [1.165, 1.54) is 0 Å². The summed E-state index contributed by atoms with van der Waals surface area (Å²) in [6.45, 7) is 1.07. The van der Waals surface area contributed by atoms with Crippen LogP contribution >= 0.6 is 11.3 Å². The highest BCUT2D eigenvalue weighted by atomic mass is 32.1. The third kappa shape index (κ3) is 2.55. The second kappa shape index (κ2) is 5.81. The van der Waals surface area contributed by atoms with Crippen molar-refractivity contribution in [3.05, 3.63) is 39.3 Å². The number of anilines is 1. The highest BCUT2D eigenvalue weighted by Gasteiger charge is 2.32. The van der Waals surface area contributed by atoms with Gasteiger partial charge in [-0.15, -0.1) is 11.3 Å². The van der Waals surface area contributed by atoms with Crippen LogP contribution in [0.15, 0.2) is 22.4 Å². The normalized spacial score (nSPS) is 24.2. The molecule has 2 atom stereocenters. The molecular weight excluding hydrogens is 300 g/mol. The van der Waals surface area contributed by atoms with Crippen LogP contribution < -0.4 is 10.9 Å². The molecule has 4 rings (SSSR count). The van der Waals surface area contributed by atoms with Gasteiger partial charge in [-0.25, -0.2) is 9.67 Å². The number of nitrogens with zero attached hydrogens (tertiary/aromatic N) is 3. The van der Waals surface area contributed by atoms with Gasteiger partial charge in [0.25, 0.3) is 5.56 Å². The Hall–Kier alpha value is -1.73. The molecule has 1 aliphatic carbocycles. The van der Waals surface area contributed by atoms with Gasteiger partial charge >= 0.3 is 0 Å². The lowest BCUT2D eigenvalue weighted by Gasteiger charge is -2.22. The Morgan fingerprint density at radius 1 is 1.32 bits per heavy atom. The molecule has 0 spiro atoms. The second-order valence-corrected chi connectivity index (χ2v) is 6.69. The Morgan fingerprint density at radius 3 is 3.09 bits per heavy atom. The number of aryl methyl sites for hydroxylation is 2. The van der Waals surface area contributed by atoms with Crippen LogP contribution in [0.4, 0.5) is 5.13 Å². The van der Waals surface area contributed by atoms with Crippen LogP contribution in [0.5, 0.6) is 0 Å². The molecule has 7 heteroatoms. The Labute approximate surface area is 132 Å². The maximum absolute atomic E-state index is 12.4. The number of fused-ring (bicyclic) bond motifs is 1. The topological polar surface area (TPSA) is 69.0 Å². The van der Waals surface area contributed by atoms with Crippen LogP contribution in [0.3, 0.4) is 0 Å². The largest absolute Gasteiger partial charge is 0.377 e. The average molecular weight is 318 g/mol. The van der Waals surface area contributed by atoms with E-state index in [0.29, 0.717) is 13.2 Å². The van der Waals surface area contributed by atoms with Gasteiger partial charge in [-0.3, -0.25) is 4.79 Å². The summed E-state index contributed by atoms with van der Waals surface area (Å²) in [7, 11) is 0. The molecule has 2 aromatic heterocycles. The number of rotatable bonds is 3. The lowest BCUT2D eigenvalue weighted by atomic mass is 9.97. The van der Waals surface area contributed by atoms with Gasteiger partial charge in [0.05, 0.1) is 24.9 Å². The monoisotopic (exact) mass is 318 g/mol. The van der Waals surface area contributed by atoms with Crippen molar-refractivity contribution in [2.75, 3.05) is 18.5 Å². The first-order valence-electron chi connectivity index (χ1n) is 7.66. The molecule has 0 amide bonds. The van der Waals surface area contributed by atoms with Gasteiger partial charge in [-0.1, -0.05) is 0 Å². The minimum atomic E-state index is -0.0800. The van der Waals surface area contributed by atoms with E-state index in [-0.39, 0.29) is 17.6 Å². The lowest BCUT2D eigenvalue weighted by Crippen LogP contribution is -2.38. The lowest BCUT2D eigenvalue weighted by molar-refractivity contribution is 0.182. The molecule has 22 heavy (non-hydrogen) atoms. The van der Waals surface area contributed by atoms with Crippen molar-refractivity contribution >= 4 is 16.5 Å². The van der Waals surface area contributed by atoms with Crippen molar-refractivity contribution in [2.45, 2.75) is 37.8 Å². The summed E-state index contributed by atoms with van der Waals surface area (Å²) in [5.74, 6) is 0. The van der Waals surface area contributed by atoms with E-state index in [9.17, 15) is 4.79 Å². The van der Waals surface area contributed by atoms with Gasteiger partial charge in [0.15, 0.2) is 5.13 Å². The highest BCUT2D eigenvalue weighted by Crippen LogP contribution is 2.24. The van der Waals surface area contributed by atoms with E-state index in [2.05, 4.69) is 15.4 Å². The van der Waals surface area contributed by atoms with Crippen LogP contribution in [0.2, 0.25) is 0 Å². The number of nitrogens with one attached hydrogen (secondary N) is 1. The molecule has 0 aromatic carbocycles. The fourth-order valence-corrected chi connectivity index (χ4v) is 3.78. The predicted octanol–water partition coefficient (Wildman–Crippen LogP) is 1.63. The van der Waals surface area contributed by atoms with Crippen molar-refractivity contribution in [2.24, 2.45) is 0 Å². The molecule has 1 aliphatic heterocycles. The maximum atomic E-state index is 12.4. The number of ether oxygens (including phenoxy) is 1. The van der Waals surface area contributed by atoms with Crippen LogP contribution in [-0.4, -0.2) is 34.0 Å². The van der Waals surface area contributed by atoms with E-state index in [4.69, 9.17) is 4.74 Å². The zero-order valence-electron chi connectivity index (χ0n) is 12.2. The molecule has 6 nitrogen and oxygen atoms in total. The minimum Gasteiger partial charge on any atom is -0.377 e. The van der Waals surface area contributed by atoms with E-state index in [1.54, 1.807) is 28.3 Å². The van der Waals surface area contributed by atoms with Crippen molar-refractivity contribution in [3.63, 3.8) is 0 Å². The number of hydrogen-bond acceptors (Lipinski definition) is 6. The van der Waals surface area contributed by atoms with Gasteiger partial charge in [0.2, 0.25) is 0 Å². The van der Waals surface area contributed by atoms with E-state index in [0.717, 1.165) is 42.1 Å². The van der Waals surface area contributed by atoms with Crippen molar-refractivity contribution in [3.8, 4) is 0 Å². The molecule has 2 aliphatic rings. The molecule has 1 N–H and O–H groups in total. The molecule has 1 saturated heterocycles. The second-order valence-electron chi connectivity index (χ2n) is 5.80. The molecule has 1 fully saturated rings. The highest BCUT2D eigenvalue weighted by molar-refractivity contribution is 7.13. The summed E-state index contributed by atoms with van der Waals surface area (Å²) in [4.78, 5) is 16.7. The molecule has 116 valence electrons. The predicted molar refractivity (Wildman–Crippen MR) is 84.5 cm³/mol. The SMILES string of the molecule is O=c1cc2c(nn1C1COCC1Nc1nccs1)CCCC2. The van der Waals surface area contributed by atoms with Gasteiger partial charge in [-0.05, 0) is 31.2 Å². The molecule has 2 aromatic rings. The zero-order chi connectivity index (χ0) is 14.9. The summed E-state index contributed by atoms with van der Waals surface area (Å²) >= 11 is 1.55. The van der Waals surface area contributed by atoms with Gasteiger partial charge in [0, 0.05) is 17.6 Å². The Balaban J connectivity index is 1.64. The zero-order valence-corrected chi connectivity index (χ0v) is 13.0. The van der Waals surface area contributed by atoms with Gasteiger partial charge < -0.3 is 10.1 Å². The number of thiazole rings is 1. The van der Waals surface area contributed by atoms with Crippen LogP contribution in [0.25, 0.3) is 0 Å². The Kier molecular flexibility index (Phi) is 3.67. The summed E-state index contributed by atoms with van der Waals surface area (Å²) < 4.78 is 7.20. The Morgan fingerprint density at radius 2 is 2.23 bits per heavy atom. The molecule has 3 heterocycles. The number of aromatic nitrogens is 3. The summed E-state index contributed by atoms with van der Waals surface area (Å²) in [5, 5.41) is 10.8. The van der Waals surface area contributed by atoms with E-state index < -0.39 is 0 Å². The molecule has 0 radical (unpaired) electrons.